The molecule has 0 bridgehead atoms. The molecule has 0 radical (unpaired) electrons. The van der Waals surface area contributed by atoms with Gasteiger partial charge in [-0.05, 0) is 45.1 Å². The summed E-state index contributed by atoms with van der Waals surface area (Å²) >= 11 is 0. The second kappa shape index (κ2) is 8.31. The van der Waals surface area contributed by atoms with E-state index in [0.717, 1.165) is 19.3 Å². The summed E-state index contributed by atoms with van der Waals surface area (Å²) < 4.78 is 4.92. The van der Waals surface area contributed by atoms with E-state index < -0.39 is 5.97 Å². The van der Waals surface area contributed by atoms with E-state index in [2.05, 4.69) is 16.4 Å². The van der Waals surface area contributed by atoms with Gasteiger partial charge in [0, 0.05) is 18.3 Å². The molecule has 0 saturated heterocycles. The number of hydrogen-bond acceptors (Lipinski definition) is 4. The number of allylic oxidation sites excluding steroid dienone is 1. The van der Waals surface area contributed by atoms with Gasteiger partial charge in [0.1, 0.15) is 5.69 Å². The van der Waals surface area contributed by atoms with Crippen LogP contribution in [0.5, 0.6) is 0 Å². The van der Waals surface area contributed by atoms with E-state index in [1.807, 2.05) is 0 Å². The maximum Gasteiger partial charge on any atom is 0.355 e. The number of amides is 1. The van der Waals surface area contributed by atoms with Crippen LogP contribution in [-0.4, -0.2) is 35.8 Å². The van der Waals surface area contributed by atoms with Crippen molar-refractivity contribution in [1.82, 2.24) is 10.3 Å². The Labute approximate surface area is 135 Å². The van der Waals surface area contributed by atoms with Gasteiger partial charge in [0.05, 0.1) is 0 Å². The minimum atomic E-state index is -0.650. The van der Waals surface area contributed by atoms with Gasteiger partial charge in [-0.25, -0.2) is 4.79 Å². The van der Waals surface area contributed by atoms with Gasteiger partial charge in [-0.2, -0.15) is 0 Å². The van der Waals surface area contributed by atoms with Crippen LogP contribution in [0.25, 0.3) is 0 Å². The molecule has 0 aromatic carbocycles. The first-order valence-electron chi connectivity index (χ1n) is 7.87. The number of ether oxygens (including phenoxy) is 1. The van der Waals surface area contributed by atoms with Crippen LogP contribution >= 0.6 is 0 Å². The number of esters is 1. The summed E-state index contributed by atoms with van der Waals surface area (Å²) in [6.45, 7) is 1.64. The van der Waals surface area contributed by atoms with Gasteiger partial charge < -0.3 is 15.0 Å². The Hall–Kier alpha value is -2.37. The Morgan fingerprint density at radius 2 is 2.13 bits per heavy atom. The van der Waals surface area contributed by atoms with Crippen molar-refractivity contribution < 1.29 is 19.1 Å². The van der Waals surface area contributed by atoms with Crippen molar-refractivity contribution in [2.45, 2.75) is 39.0 Å². The molecule has 0 atom stereocenters. The van der Waals surface area contributed by atoms with Crippen LogP contribution in [0.3, 0.4) is 0 Å². The molecule has 1 aliphatic rings. The minimum absolute atomic E-state index is 0.143. The molecule has 1 aromatic heterocycles. The zero-order chi connectivity index (χ0) is 16.7. The average Bonchev–Trinajstić information content (AvgIpc) is 3.04. The molecule has 0 aliphatic heterocycles. The molecule has 2 rings (SSSR count). The highest BCUT2D eigenvalue weighted by Crippen LogP contribution is 2.19. The van der Waals surface area contributed by atoms with Gasteiger partial charge in [-0.15, -0.1) is 0 Å². The monoisotopic (exact) mass is 318 g/mol. The fraction of sp³-hybridized carbons (Fsp3) is 0.471. The van der Waals surface area contributed by atoms with E-state index in [1.54, 1.807) is 0 Å². The number of hydrogen-bond donors (Lipinski definition) is 2. The molecule has 1 amide bonds. The first-order chi connectivity index (χ1) is 11.1. The fourth-order valence-electron chi connectivity index (χ4n) is 2.47. The van der Waals surface area contributed by atoms with Crippen molar-refractivity contribution in [3.05, 3.63) is 35.2 Å². The Morgan fingerprint density at radius 3 is 2.78 bits per heavy atom. The number of rotatable bonds is 7. The Morgan fingerprint density at radius 1 is 1.30 bits per heavy atom. The lowest BCUT2D eigenvalue weighted by molar-refractivity contribution is -0.124. The van der Waals surface area contributed by atoms with E-state index in [0.29, 0.717) is 12.1 Å². The molecule has 0 saturated carbocycles. The van der Waals surface area contributed by atoms with E-state index >= 15 is 0 Å². The second-order valence-corrected chi connectivity index (χ2v) is 5.64. The number of nitrogens with one attached hydrogen (secondary N) is 2. The largest absolute Gasteiger partial charge is 0.451 e. The number of aromatic nitrogens is 1. The molecule has 6 heteroatoms. The SMILES string of the molecule is CC(=O)c1c[nH]c(C(=O)OCC(=O)NCCC2=CCCCC2)c1. The Bertz CT molecular complexity index is 616. The van der Waals surface area contributed by atoms with Crippen LogP contribution in [0.2, 0.25) is 0 Å². The number of H-pyrrole nitrogens is 1. The first-order valence-corrected chi connectivity index (χ1v) is 7.87. The number of Topliss-reactive ketones (excluding diaryl/α,β-unsaturated/α-hetero) is 1. The Kier molecular flexibility index (Phi) is 6.14. The lowest BCUT2D eigenvalue weighted by Crippen LogP contribution is -2.30. The molecule has 6 nitrogen and oxygen atoms in total. The molecule has 0 unspecified atom stereocenters. The molecule has 23 heavy (non-hydrogen) atoms. The summed E-state index contributed by atoms with van der Waals surface area (Å²) in [5.74, 6) is -1.12. The second-order valence-electron chi connectivity index (χ2n) is 5.64. The topological polar surface area (TPSA) is 88.3 Å². The summed E-state index contributed by atoms with van der Waals surface area (Å²) in [7, 11) is 0. The van der Waals surface area contributed by atoms with Gasteiger partial charge in [0.15, 0.2) is 12.4 Å². The summed E-state index contributed by atoms with van der Waals surface area (Å²) in [5.41, 5.74) is 1.95. The van der Waals surface area contributed by atoms with Gasteiger partial charge in [0.25, 0.3) is 5.91 Å². The number of carbonyl (C=O) groups excluding carboxylic acids is 3. The van der Waals surface area contributed by atoms with E-state index in [1.165, 1.54) is 37.6 Å². The van der Waals surface area contributed by atoms with Crippen LogP contribution in [0, 0.1) is 0 Å². The molecule has 0 spiro atoms. The molecular weight excluding hydrogens is 296 g/mol. The molecular formula is C17H22N2O4. The third kappa shape index (κ3) is 5.39. The summed E-state index contributed by atoms with van der Waals surface area (Å²) in [6, 6.07) is 1.41. The Balaban J connectivity index is 1.67. The van der Waals surface area contributed by atoms with Gasteiger partial charge in [0.2, 0.25) is 0 Å². The smallest absolute Gasteiger partial charge is 0.355 e. The third-order valence-corrected chi connectivity index (χ3v) is 3.80. The van der Waals surface area contributed by atoms with Crippen LogP contribution < -0.4 is 5.32 Å². The van der Waals surface area contributed by atoms with Gasteiger partial charge in [-0.1, -0.05) is 11.6 Å². The standard InChI is InChI=1S/C17H22N2O4/c1-12(20)14-9-15(19-10-14)17(22)23-11-16(21)18-8-7-13-5-3-2-4-6-13/h5,9-10,19H,2-4,6-8,11H2,1H3,(H,18,21). The predicted molar refractivity (Wildman–Crippen MR) is 85.3 cm³/mol. The lowest BCUT2D eigenvalue weighted by atomic mass is 9.97. The normalized spacial score (nSPS) is 14.0. The van der Waals surface area contributed by atoms with E-state index in [-0.39, 0.29) is 24.0 Å². The predicted octanol–water partition coefficient (Wildman–Crippen LogP) is 2.38. The minimum Gasteiger partial charge on any atom is -0.451 e. The summed E-state index contributed by atoms with van der Waals surface area (Å²) in [6.07, 6.45) is 9.23. The molecule has 124 valence electrons. The zero-order valence-electron chi connectivity index (χ0n) is 13.3. The van der Waals surface area contributed by atoms with Crippen LogP contribution in [0.15, 0.2) is 23.9 Å². The maximum absolute atomic E-state index is 11.8. The van der Waals surface area contributed by atoms with Gasteiger partial charge in [-0.3, -0.25) is 9.59 Å². The highest BCUT2D eigenvalue weighted by atomic mass is 16.5. The highest BCUT2D eigenvalue weighted by molar-refractivity contribution is 5.97. The van der Waals surface area contributed by atoms with Crippen molar-refractivity contribution in [1.29, 1.82) is 0 Å². The van der Waals surface area contributed by atoms with Crippen molar-refractivity contribution in [3.63, 3.8) is 0 Å². The summed E-state index contributed by atoms with van der Waals surface area (Å²) in [5, 5.41) is 2.74. The van der Waals surface area contributed by atoms with Crippen LogP contribution in [0.4, 0.5) is 0 Å². The molecule has 1 aliphatic carbocycles. The zero-order valence-corrected chi connectivity index (χ0v) is 13.3. The average molecular weight is 318 g/mol. The number of carbonyl (C=O) groups is 3. The lowest BCUT2D eigenvalue weighted by Gasteiger charge is -2.12. The number of ketones is 1. The quantitative estimate of drug-likeness (QED) is 0.459. The van der Waals surface area contributed by atoms with Crippen LogP contribution in [0.1, 0.15) is 59.9 Å². The fourth-order valence-corrected chi connectivity index (χ4v) is 2.47. The number of aromatic amines is 1. The van der Waals surface area contributed by atoms with E-state index in [4.69, 9.17) is 4.74 Å². The summed E-state index contributed by atoms with van der Waals surface area (Å²) in [4.78, 5) is 37.2. The van der Waals surface area contributed by atoms with Gasteiger partial charge >= 0.3 is 5.97 Å². The van der Waals surface area contributed by atoms with E-state index in [9.17, 15) is 14.4 Å². The molecule has 2 N–H and O–H groups in total. The third-order valence-electron chi connectivity index (χ3n) is 3.80. The molecule has 0 fully saturated rings. The van der Waals surface area contributed by atoms with Crippen molar-refractivity contribution in [2.75, 3.05) is 13.2 Å². The highest BCUT2D eigenvalue weighted by Gasteiger charge is 2.13. The van der Waals surface area contributed by atoms with Crippen molar-refractivity contribution in [3.8, 4) is 0 Å². The van der Waals surface area contributed by atoms with Crippen molar-refractivity contribution in [2.24, 2.45) is 0 Å². The van der Waals surface area contributed by atoms with Crippen LogP contribution in [-0.2, 0) is 9.53 Å². The molecule has 1 aromatic rings. The first kappa shape index (κ1) is 17.0. The molecule has 1 heterocycles. The maximum atomic E-state index is 11.8. The van der Waals surface area contributed by atoms with Crippen molar-refractivity contribution >= 4 is 17.7 Å².